The van der Waals surface area contributed by atoms with E-state index in [1.54, 1.807) is 0 Å². The van der Waals surface area contributed by atoms with E-state index in [2.05, 4.69) is 10.4 Å². The molecular weight excluding hydrogens is 375 g/mol. The van der Waals surface area contributed by atoms with Gasteiger partial charge in [-0.1, -0.05) is 29.8 Å². The Bertz CT molecular complexity index is 1180. The molecule has 1 aromatic heterocycles. The smallest absolute Gasteiger partial charge is 0.348 e. The number of aromatic nitrogens is 3. The number of amides is 1. The number of nitrogens with one attached hydrogen (secondary N) is 1. The van der Waals surface area contributed by atoms with Crippen LogP contribution in [0, 0.1) is 12.7 Å². The van der Waals surface area contributed by atoms with Crippen molar-refractivity contribution in [1.29, 1.82) is 0 Å². The number of hydrogen-bond acceptors (Lipinski definition) is 4. The SMILES string of the molecule is Cc1ccc(Cn2c(=O)c(C(=O)NC3CC3)nn(-c3ccc(F)cc3)c2=O)cc1. The van der Waals surface area contributed by atoms with Gasteiger partial charge in [0.25, 0.3) is 11.5 Å². The van der Waals surface area contributed by atoms with Crippen LogP contribution in [0.2, 0.25) is 0 Å². The first-order chi connectivity index (χ1) is 13.9. The molecule has 2 aromatic carbocycles. The highest BCUT2D eigenvalue weighted by Crippen LogP contribution is 2.18. The molecule has 1 heterocycles. The number of hydrogen-bond donors (Lipinski definition) is 1. The Balaban J connectivity index is 1.85. The molecule has 4 rings (SSSR count). The van der Waals surface area contributed by atoms with Gasteiger partial charge in [0.1, 0.15) is 5.82 Å². The van der Waals surface area contributed by atoms with Crippen LogP contribution in [-0.4, -0.2) is 26.3 Å². The molecule has 0 saturated heterocycles. The van der Waals surface area contributed by atoms with E-state index in [0.717, 1.165) is 33.2 Å². The number of carbonyl (C=O) groups excluding carboxylic acids is 1. The molecule has 1 aliphatic rings. The Labute approximate surface area is 165 Å². The molecule has 0 unspecified atom stereocenters. The van der Waals surface area contributed by atoms with Crippen molar-refractivity contribution in [1.82, 2.24) is 19.7 Å². The quantitative estimate of drug-likeness (QED) is 0.715. The monoisotopic (exact) mass is 394 g/mol. The fraction of sp³-hybridized carbons (Fsp3) is 0.238. The maximum Gasteiger partial charge on any atom is 0.352 e. The van der Waals surface area contributed by atoms with Gasteiger partial charge in [-0.05, 0) is 49.6 Å². The van der Waals surface area contributed by atoms with Crippen molar-refractivity contribution >= 4 is 5.91 Å². The standard InChI is InChI=1S/C21H19FN4O3/c1-13-2-4-14(5-3-13)12-25-20(28)18(19(27)23-16-8-9-16)24-26(21(25)29)17-10-6-15(22)7-11-17/h2-7,10-11,16H,8-9,12H2,1H3,(H,23,27). The van der Waals surface area contributed by atoms with Gasteiger partial charge in [-0.25, -0.2) is 9.18 Å². The summed E-state index contributed by atoms with van der Waals surface area (Å²) in [6, 6.07) is 12.5. The zero-order valence-electron chi connectivity index (χ0n) is 15.8. The first-order valence-electron chi connectivity index (χ1n) is 9.29. The summed E-state index contributed by atoms with van der Waals surface area (Å²) in [6.45, 7) is 1.93. The third-order valence-electron chi connectivity index (χ3n) is 4.72. The van der Waals surface area contributed by atoms with Gasteiger partial charge in [0.05, 0.1) is 12.2 Å². The molecule has 1 fully saturated rings. The van der Waals surface area contributed by atoms with Crippen LogP contribution in [0.25, 0.3) is 5.69 Å². The maximum atomic E-state index is 13.3. The fourth-order valence-corrected chi connectivity index (χ4v) is 2.90. The van der Waals surface area contributed by atoms with Crippen LogP contribution in [0.15, 0.2) is 58.1 Å². The normalized spacial score (nSPS) is 13.3. The van der Waals surface area contributed by atoms with Crippen molar-refractivity contribution in [3.8, 4) is 5.69 Å². The molecule has 0 spiro atoms. The van der Waals surface area contributed by atoms with Crippen LogP contribution < -0.4 is 16.6 Å². The number of carbonyl (C=O) groups is 1. The first kappa shape index (κ1) is 18.8. The lowest BCUT2D eigenvalue weighted by molar-refractivity contribution is 0.0941. The second-order valence-corrected chi connectivity index (χ2v) is 7.14. The van der Waals surface area contributed by atoms with Gasteiger partial charge in [-0.2, -0.15) is 9.78 Å². The average molecular weight is 394 g/mol. The number of rotatable bonds is 5. The molecule has 0 radical (unpaired) electrons. The lowest BCUT2D eigenvalue weighted by atomic mass is 10.1. The Morgan fingerprint density at radius 1 is 1.10 bits per heavy atom. The Morgan fingerprint density at radius 2 is 1.76 bits per heavy atom. The minimum atomic E-state index is -0.757. The molecule has 1 amide bonds. The van der Waals surface area contributed by atoms with Gasteiger partial charge in [0, 0.05) is 6.04 Å². The van der Waals surface area contributed by atoms with E-state index in [1.807, 2.05) is 31.2 Å². The third kappa shape index (κ3) is 4.01. The molecule has 7 nitrogen and oxygen atoms in total. The number of halogens is 1. The lowest BCUT2D eigenvalue weighted by Gasteiger charge is -2.12. The first-order valence-corrected chi connectivity index (χ1v) is 9.29. The molecule has 1 N–H and O–H groups in total. The largest absolute Gasteiger partial charge is 0.352 e. The zero-order chi connectivity index (χ0) is 20.5. The second kappa shape index (κ2) is 7.46. The van der Waals surface area contributed by atoms with Gasteiger partial charge in [0.15, 0.2) is 0 Å². The van der Waals surface area contributed by atoms with Gasteiger partial charge in [0.2, 0.25) is 5.69 Å². The molecule has 1 saturated carbocycles. The highest BCUT2D eigenvalue weighted by atomic mass is 19.1. The minimum Gasteiger partial charge on any atom is -0.348 e. The number of benzene rings is 2. The van der Waals surface area contributed by atoms with Crippen LogP contribution in [-0.2, 0) is 6.54 Å². The van der Waals surface area contributed by atoms with Crippen molar-refractivity contribution in [2.45, 2.75) is 32.4 Å². The van der Waals surface area contributed by atoms with Crippen LogP contribution in [0.4, 0.5) is 4.39 Å². The van der Waals surface area contributed by atoms with Crippen molar-refractivity contribution < 1.29 is 9.18 Å². The average Bonchev–Trinajstić information content (AvgIpc) is 3.51. The molecule has 0 aliphatic heterocycles. The van der Waals surface area contributed by atoms with Crippen LogP contribution in [0.5, 0.6) is 0 Å². The predicted molar refractivity (Wildman–Crippen MR) is 105 cm³/mol. The van der Waals surface area contributed by atoms with Crippen LogP contribution in [0.3, 0.4) is 0 Å². The van der Waals surface area contributed by atoms with E-state index in [1.165, 1.54) is 24.3 Å². The fourth-order valence-electron chi connectivity index (χ4n) is 2.90. The topological polar surface area (TPSA) is 86.0 Å². The summed E-state index contributed by atoms with van der Waals surface area (Å²) in [4.78, 5) is 38.5. The summed E-state index contributed by atoms with van der Waals surface area (Å²) in [5, 5.41) is 6.73. The highest BCUT2D eigenvalue weighted by molar-refractivity contribution is 5.92. The van der Waals surface area contributed by atoms with Crippen molar-refractivity contribution in [2.24, 2.45) is 0 Å². The molecule has 29 heavy (non-hydrogen) atoms. The van der Waals surface area contributed by atoms with Crippen molar-refractivity contribution in [3.63, 3.8) is 0 Å². The molecule has 1 aliphatic carbocycles. The maximum absolute atomic E-state index is 13.3. The molecular formula is C21H19FN4O3. The minimum absolute atomic E-state index is 0.00856. The summed E-state index contributed by atoms with van der Waals surface area (Å²) in [6.07, 6.45) is 1.70. The Hall–Kier alpha value is -3.55. The van der Waals surface area contributed by atoms with E-state index in [-0.39, 0.29) is 24.0 Å². The molecule has 3 aromatic rings. The summed E-state index contributed by atoms with van der Waals surface area (Å²) in [7, 11) is 0. The van der Waals surface area contributed by atoms with E-state index < -0.39 is 23.0 Å². The number of aryl methyl sites for hydroxylation is 1. The third-order valence-corrected chi connectivity index (χ3v) is 4.72. The Kier molecular flexibility index (Phi) is 4.84. The van der Waals surface area contributed by atoms with Gasteiger partial charge < -0.3 is 5.32 Å². The van der Waals surface area contributed by atoms with E-state index >= 15 is 0 Å². The second-order valence-electron chi connectivity index (χ2n) is 7.14. The molecule has 0 bridgehead atoms. The zero-order valence-corrected chi connectivity index (χ0v) is 15.8. The van der Waals surface area contributed by atoms with Gasteiger partial charge in [-0.15, -0.1) is 0 Å². The van der Waals surface area contributed by atoms with Crippen LogP contribution in [0.1, 0.15) is 34.5 Å². The van der Waals surface area contributed by atoms with Crippen LogP contribution >= 0.6 is 0 Å². The summed E-state index contributed by atoms with van der Waals surface area (Å²) in [5.74, 6) is -1.09. The van der Waals surface area contributed by atoms with E-state index in [9.17, 15) is 18.8 Å². The van der Waals surface area contributed by atoms with Crippen molar-refractivity contribution in [3.05, 3.63) is 92.0 Å². The summed E-state index contributed by atoms with van der Waals surface area (Å²) >= 11 is 0. The predicted octanol–water partition coefficient (Wildman–Crippen LogP) is 1.78. The highest BCUT2D eigenvalue weighted by Gasteiger charge is 2.27. The van der Waals surface area contributed by atoms with Gasteiger partial charge in [-0.3, -0.25) is 14.2 Å². The molecule has 0 atom stereocenters. The summed E-state index contributed by atoms with van der Waals surface area (Å²) < 4.78 is 15.2. The van der Waals surface area contributed by atoms with E-state index in [0.29, 0.717) is 0 Å². The van der Waals surface area contributed by atoms with E-state index in [4.69, 9.17) is 0 Å². The number of nitrogens with zero attached hydrogens (tertiary/aromatic N) is 3. The molecule has 148 valence electrons. The Morgan fingerprint density at radius 3 is 2.38 bits per heavy atom. The molecule has 8 heteroatoms. The van der Waals surface area contributed by atoms with Crippen molar-refractivity contribution in [2.75, 3.05) is 0 Å². The summed E-state index contributed by atoms with van der Waals surface area (Å²) in [5.41, 5.74) is 0.212. The van der Waals surface area contributed by atoms with Gasteiger partial charge >= 0.3 is 5.69 Å². The lowest BCUT2D eigenvalue weighted by Crippen LogP contribution is -2.46.